The highest BCUT2D eigenvalue weighted by Gasteiger charge is 2.19. The Morgan fingerprint density at radius 2 is 1.58 bits per heavy atom. The topological polar surface area (TPSA) is 35.5 Å². The van der Waals surface area contributed by atoms with E-state index in [0.29, 0.717) is 6.04 Å². The van der Waals surface area contributed by atoms with Crippen molar-refractivity contribution >= 4 is 11.4 Å². The summed E-state index contributed by atoms with van der Waals surface area (Å²) in [6.07, 6.45) is 6.60. The predicted octanol–water partition coefficient (Wildman–Crippen LogP) is 3.00. The van der Waals surface area contributed by atoms with Crippen LogP contribution in [0.1, 0.15) is 38.5 Å². The molecular weight excluding hydrogens is 236 g/mol. The zero-order valence-electron chi connectivity index (χ0n) is 11.5. The van der Waals surface area contributed by atoms with E-state index in [0.717, 1.165) is 25.7 Å². The molecule has 1 saturated heterocycles. The minimum atomic E-state index is -0.0735. The van der Waals surface area contributed by atoms with Crippen LogP contribution in [0.15, 0.2) is 24.3 Å². The van der Waals surface area contributed by atoms with Crippen molar-refractivity contribution in [1.29, 1.82) is 0 Å². The van der Waals surface area contributed by atoms with Crippen molar-refractivity contribution in [3.05, 3.63) is 24.3 Å². The van der Waals surface area contributed by atoms with Gasteiger partial charge in [-0.05, 0) is 62.8 Å². The third-order valence-electron chi connectivity index (χ3n) is 4.41. The Balaban J connectivity index is 1.56. The molecule has 2 fully saturated rings. The molecule has 1 saturated carbocycles. The van der Waals surface area contributed by atoms with Crippen LogP contribution in [-0.2, 0) is 0 Å². The van der Waals surface area contributed by atoms with Gasteiger partial charge in [-0.15, -0.1) is 0 Å². The Kier molecular flexibility index (Phi) is 3.92. The third kappa shape index (κ3) is 3.21. The van der Waals surface area contributed by atoms with Crippen LogP contribution < -0.4 is 10.2 Å². The van der Waals surface area contributed by atoms with Crippen LogP contribution in [0, 0.1) is 0 Å². The molecule has 0 bridgehead atoms. The van der Waals surface area contributed by atoms with Gasteiger partial charge in [-0.1, -0.05) is 0 Å². The van der Waals surface area contributed by atoms with Gasteiger partial charge in [0.1, 0.15) is 0 Å². The molecule has 1 aliphatic carbocycles. The first kappa shape index (κ1) is 12.8. The molecule has 2 N–H and O–H groups in total. The van der Waals surface area contributed by atoms with Crippen LogP contribution >= 0.6 is 0 Å². The molecule has 3 heteroatoms. The smallest absolute Gasteiger partial charge is 0.0541 e. The van der Waals surface area contributed by atoms with E-state index in [2.05, 4.69) is 34.5 Å². The highest BCUT2D eigenvalue weighted by molar-refractivity contribution is 5.55. The van der Waals surface area contributed by atoms with Gasteiger partial charge in [0.25, 0.3) is 0 Å². The Labute approximate surface area is 115 Å². The van der Waals surface area contributed by atoms with Gasteiger partial charge in [-0.25, -0.2) is 0 Å². The minimum absolute atomic E-state index is 0.0735. The van der Waals surface area contributed by atoms with Crippen molar-refractivity contribution in [3.63, 3.8) is 0 Å². The summed E-state index contributed by atoms with van der Waals surface area (Å²) in [5.74, 6) is 0. The largest absolute Gasteiger partial charge is 0.393 e. The molecule has 0 spiro atoms. The normalized spacial score (nSPS) is 27.5. The molecule has 0 radical (unpaired) electrons. The molecule has 2 aliphatic rings. The Bertz CT molecular complexity index is 390. The van der Waals surface area contributed by atoms with E-state index in [-0.39, 0.29) is 6.10 Å². The molecule has 0 unspecified atom stereocenters. The van der Waals surface area contributed by atoms with Gasteiger partial charge in [-0.3, -0.25) is 0 Å². The van der Waals surface area contributed by atoms with E-state index >= 15 is 0 Å². The van der Waals surface area contributed by atoms with Gasteiger partial charge in [0, 0.05) is 30.5 Å². The van der Waals surface area contributed by atoms with Crippen LogP contribution in [0.2, 0.25) is 0 Å². The van der Waals surface area contributed by atoms with E-state index in [1.165, 1.54) is 37.3 Å². The summed E-state index contributed by atoms with van der Waals surface area (Å²) in [5, 5.41) is 13.1. The fourth-order valence-corrected chi connectivity index (χ4v) is 3.20. The predicted molar refractivity (Wildman–Crippen MR) is 79.8 cm³/mol. The van der Waals surface area contributed by atoms with Crippen molar-refractivity contribution < 1.29 is 5.11 Å². The van der Waals surface area contributed by atoms with E-state index in [4.69, 9.17) is 0 Å². The summed E-state index contributed by atoms with van der Waals surface area (Å²) in [6.45, 7) is 2.40. The van der Waals surface area contributed by atoms with E-state index in [9.17, 15) is 5.11 Å². The molecule has 0 atom stereocenters. The number of hydrogen-bond donors (Lipinski definition) is 2. The quantitative estimate of drug-likeness (QED) is 0.877. The second-order valence-electron chi connectivity index (χ2n) is 5.89. The molecule has 1 aromatic rings. The lowest BCUT2D eigenvalue weighted by molar-refractivity contribution is 0.126. The lowest BCUT2D eigenvalue weighted by atomic mass is 9.93. The number of hydrogen-bond acceptors (Lipinski definition) is 3. The highest BCUT2D eigenvalue weighted by Crippen LogP contribution is 2.25. The summed E-state index contributed by atoms with van der Waals surface area (Å²) in [7, 11) is 0. The number of nitrogens with one attached hydrogen (secondary N) is 1. The van der Waals surface area contributed by atoms with Crippen molar-refractivity contribution in [2.45, 2.75) is 50.7 Å². The fourth-order valence-electron chi connectivity index (χ4n) is 3.20. The number of benzene rings is 1. The molecule has 104 valence electrons. The molecule has 3 rings (SSSR count). The van der Waals surface area contributed by atoms with Crippen LogP contribution in [0.25, 0.3) is 0 Å². The second kappa shape index (κ2) is 5.83. The SMILES string of the molecule is OC1CCC(Nc2ccc(N3CCCC3)cc2)CC1. The first-order valence-corrected chi connectivity index (χ1v) is 7.61. The maximum absolute atomic E-state index is 9.52. The molecule has 3 nitrogen and oxygen atoms in total. The van der Waals surface area contributed by atoms with Crippen molar-refractivity contribution in [1.82, 2.24) is 0 Å². The molecular formula is C16H24N2O. The Morgan fingerprint density at radius 3 is 2.21 bits per heavy atom. The maximum Gasteiger partial charge on any atom is 0.0541 e. The summed E-state index contributed by atoms with van der Waals surface area (Å²) < 4.78 is 0. The average molecular weight is 260 g/mol. The van der Waals surface area contributed by atoms with Gasteiger partial charge < -0.3 is 15.3 Å². The van der Waals surface area contributed by atoms with Crippen molar-refractivity contribution in [2.24, 2.45) is 0 Å². The lowest BCUT2D eigenvalue weighted by Gasteiger charge is -2.27. The van der Waals surface area contributed by atoms with Gasteiger partial charge in [0.2, 0.25) is 0 Å². The number of aliphatic hydroxyl groups is 1. The number of anilines is 2. The summed E-state index contributed by atoms with van der Waals surface area (Å²) in [5.41, 5.74) is 2.56. The first-order valence-electron chi connectivity index (χ1n) is 7.61. The van der Waals surface area contributed by atoms with Crippen LogP contribution in [-0.4, -0.2) is 30.3 Å². The standard InChI is InChI=1S/C16H24N2O/c19-16-9-5-14(6-10-16)17-13-3-7-15(8-4-13)18-11-1-2-12-18/h3-4,7-8,14,16-17,19H,1-2,5-6,9-12H2. The second-order valence-corrected chi connectivity index (χ2v) is 5.89. The number of aliphatic hydroxyl groups excluding tert-OH is 1. The van der Waals surface area contributed by atoms with Gasteiger partial charge in [-0.2, -0.15) is 0 Å². The fraction of sp³-hybridized carbons (Fsp3) is 0.625. The maximum atomic E-state index is 9.52. The van der Waals surface area contributed by atoms with Crippen molar-refractivity contribution in [3.8, 4) is 0 Å². The van der Waals surface area contributed by atoms with E-state index in [1.54, 1.807) is 0 Å². The number of rotatable bonds is 3. The molecule has 1 heterocycles. The highest BCUT2D eigenvalue weighted by atomic mass is 16.3. The summed E-state index contributed by atoms with van der Waals surface area (Å²) >= 11 is 0. The monoisotopic (exact) mass is 260 g/mol. The van der Waals surface area contributed by atoms with Crippen LogP contribution in [0.3, 0.4) is 0 Å². The number of nitrogens with zero attached hydrogens (tertiary/aromatic N) is 1. The van der Waals surface area contributed by atoms with Crippen molar-refractivity contribution in [2.75, 3.05) is 23.3 Å². The van der Waals surface area contributed by atoms with Gasteiger partial charge in [0.05, 0.1) is 6.10 Å². The first-order chi connectivity index (χ1) is 9.31. The molecule has 0 amide bonds. The molecule has 1 aromatic carbocycles. The Morgan fingerprint density at radius 1 is 0.947 bits per heavy atom. The zero-order chi connectivity index (χ0) is 13.1. The summed E-state index contributed by atoms with van der Waals surface area (Å²) in [6, 6.07) is 9.37. The van der Waals surface area contributed by atoms with E-state index < -0.39 is 0 Å². The molecule has 1 aliphatic heterocycles. The molecule has 19 heavy (non-hydrogen) atoms. The van der Waals surface area contributed by atoms with Gasteiger partial charge >= 0.3 is 0 Å². The third-order valence-corrected chi connectivity index (χ3v) is 4.41. The minimum Gasteiger partial charge on any atom is -0.393 e. The molecule has 0 aromatic heterocycles. The van der Waals surface area contributed by atoms with Gasteiger partial charge in [0.15, 0.2) is 0 Å². The average Bonchev–Trinajstić information content (AvgIpc) is 2.96. The summed E-state index contributed by atoms with van der Waals surface area (Å²) in [4.78, 5) is 2.46. The van der Waals surface area contributed by atoms with E-state index in [1.807, 2.05) is 0 Å². The van der Waals surface area contributed by atoms with Crippen LogP contribution in [0.4, 0.5) is 11.4 Å². The zero-order valence-corrected chi connectivity index (χ0v) is 11.5. The van der Waals surface area contributed by atoms with Crippen LogP contribution in [0.5, 0.6) is 0 Å². The Hall–Kier alpha value is -1.22. The lowest BCUT2D eigenvalue weighted by Crippen LogP contribution is -2.28.